The summed E-state index contributed by atoms with van der Waals surface area (Å²) >= 11 is 2.32. The molecule has 0 bridgehead atoms. The molecule has 2 nitrogen and oxygen atoms in total. The van der Waals surface area contributed by atoms with E-state index in [0.29, 0.717) is 5.92 Å². The van der Waals surface area contributed by atoms with E-state index in [1.54, 1.807) is 0 Å². The van der Waals surface area contributed by atoms with Crippen LogP contribution < -0.4 is 0 Å². The standard InChI is InChI=1S/C17H26INO/c1-13-5-4-10-17(12-13,19(2)3)16(20)11-14-6-8-15(18)9-7-14/h6-9,13,16,20H,4-5,10-12H2,1-3H3. The summed E-state index contributed by atoms with van der Waals surface area (Å²) in [6.45, 7) is 2.31. The van der Waals surface area contributed by atoms with Gasteiger partial charge in [-0.05, 0) is 73.1 Å². The molecule has 1 aliphatic carbocycles. The van der Waals surface area contributed by atoms with Gasteiger partial charge in [0.05, 0.1) is 6.10 Å². The number of nitrogens with zero attached hydrogens (tertiary/aromatic N) is 1. The van der Waals surface area contributed by atoms with Crippen LogP contribution in [-0.4, -0.2) is 35.7 Å². The average Bonchev–Trinajstić information content (AvgIpc) is 2.41. The van der Waals surface area contributed by atoms with Gasteiger partial charge in [-0.25, -0.2) is 0 Å². The number of aliphatic hydroxyl groups is 1. The largest absolute Gasteiger partial charge is 0.391 e. The molecule has 2 rings (SSSR count). The van der Waals surface area contributed by atoms with Crippen molar-refractivity contribution in [2.45, 2.75) is 50.7 Å². The first-order valence-corrected chi connectivity index (χ1v) is 8.62. The summed E-state index contributed by atoms with van der Waals surface area (Å²) in [5.41, 5.74) is 1.18. The fourth-order valence-corrected chi connectivity index (χ4v) is 3.96. The first kappa shape index (κ1) is 16.2. The summed E-state index contributed by atoms with van der Waals surface area (Å²) in [6, 6.07) is 8.52. The van der Waals surface area contributed by atoms with Crippen LogP contribution in [0.25, 0.3) is 0 Å². The highest BCUT2D eigenvalue weighted by molar-refractivity contribution is 14.1. The summed E-state index contributed by atoms with van der Waals surface area (Å²) in [5.74, 6) is 0.706. The summed E-state index contributed by atoms with van der Waals surface area (Å²) in [4.78, 5) is 2.26. The van der Waals surface area contributed by atoms with Gasteiger partial charge in [0.1, 0.15) is 0 Å². The Morgan fingerprint density at radius 1 is 1.35 bits per heavy atom. The van der Waals surface area contributed by atoms with Crippen molar-refractivity contribution in [3.05, 3.63) is 33.4 Å². The van der Waals surface area contributed by atoms with E-state index in [4.69, 9.17) is 0 Å². The van der Waals surface area contributed by atoms with Crippen molar-refractivity contribution in [3.8, 4) is 0 Å². The summed E-state index contributed by atoms with van der Waals surface area (Å²) < 4.78 is 1.24. The van der Waals surface area contributed by atoms with Gasteiger partial charge in [0.25, 0.3) is 0 Å². The molecule has 3 heteroatoms. The molecule has 1 fully saturated rings. The van der Waals surface area contributed by atoms with Crippen molar-refractivity contribution in [2.24, 2.45) is 5.92 Å². The minimum atomic E-state index is -0.291. The third-order valence-corrected chi connectivity index (χ3v) is 5.58. The molecule has 0 radical (unpaired) electrons. The maximum absolute atomic E-state index is 10.9. The van der Waals surface area contributed by atoms with Crippen LogP contribution in [0.1, 0.15) is 38.2 Å². The fraction of sp³-hybridized carbons (Fsp3) is 0.647. The van der Waals surface area contributed by atoms with Gasteiger partial charge in [0, 0.05) is 15.5 Å². The molecule has 0 aliphatic heterocycles. The van der Waals surface area contributed by atoms with Crippen LogP contribution in [-0.2, 0) is 6.42 Å². The first-order chi connectivity index (χ1) is 9.44. The maximum atomic E-state index is 10.9. The van der Waals surface area contributed by atoms with Crippen molar-refractivity contribution in [1.29, 1.82) is 0 Å². The molecule has 1 aliphatic rings. The van der Waals surface area contributed by atoms with E-state index in [1.165, 1.54) is 22.0 Å². The van der Waals surface area contributed by atoms with E-state index in [1.807, 2.05) is 0 Å². The van der Waals surface area contributed by atoms with Crippen molar-refractivity contribution in [2.75, 3.05) is 14.1 Å². The van der Waals surface area contributed by atoms with Crippen LogP contribution in [0.4, 0.5) is 0 Å². The minimum Gasteiger partial charge on any atom is -0.391 e. The minimum absolute atomic E-state index is 0.0549. The van der Waals surface area contributed by atoms with Crippen LogP contribution >= 0.6 is 22.6 Å². The van der Waals surface area contributed by atoms with Gasteiger partial charge >= 0.3 is 0 Å². The highest BCUT2D eigenvalue weighted by Crippen LogP contribution is 2.39. The lowest BCUT2D eigenvalue weighted by Gasteiger charge is -2.48. The number of halogens is 1. The Balaban J connectivity index is 2.14. The summed E-state index contributed by atoms with van der Waals surface area (Å²) in [6.07, 6.45) is 5.19. The zero-order valence-electron chi connectivity index (χ0n) is 12.8. The average molecular weight is 387 g/mol. The first-order valence-electron chi connectivity index (χ1n) is 7.54. The number of likely N-dealkylation sites (N-methyl/N-ethyl adjacent to an activating group) is 1. The van der Waals surface area contributed by atoms with Gasteiger partial charge in [0.2, 0.25) is 0 Å². The molecule has 1 saturated carbocycles. The molecule has 1 aromatic rings. The Hall–Kier alpha value is -0.130. The van der Waals surface area contributed by atoms with Gasteiger partial charge in [-0.3, -0.25) is 0 Å². The second-order valence-electron chi connectivity index (χ2n) is 6.55. The second-order valence-corrected chi connectivity index (χ2v) is 7.79. The topological polar surface area (TPSA) is 23.5 Å². The van der Waals surface area contributed by atoms with Gasteiger partial charge in [-0.2, -0.15) is 0 Å². The van der Waals surface area contributed by atoms with E-state index >= 15 is 0 Å². The van der Waals surface area contributed by atoms with E-state index in [9.17, 15) is 5.11 Å². The highest BCUT2D eigenvalue weighted by Gasteiger charge is 2.42. The van der Waals surface area contributed by atoms with Crippen LogP contribution in [0.5, 0.6) is 0 Å². The lowest BCUT2D eigenvalue weighted by atomic mass is 9.71. The molecule has 0 saturated heterocycles. The van der Waals surface area contributed by atoms with Crippen LogP contribution in [0.3, 0.4) is 0 Å². The highest BCUT2D eigenvalue weighted by atomic mass is 127. The third kappa shape index (κ3) is 3.55. The quantitative estimate of drug-likeness (QED) is 0.797. The van der Waals surface area contributed by atoms with Crippen molar-refractivity contribution < 1.29 is 5.11 Å². The monoisotopic (exact) mass is 387 g/mol. The molecule has 0 aromatic heterocycles. The molecular weight excluding hydrogens is 361 g/mol. The molecule has 0 spiro atoms. The normalized spacial score (nSPS) is 28.6. The Morgan fingerprint density at radius 3 is 2.55 bits per heavy atom. The van der Waals surface area contributed by atoms with Crippen molar-refractivity contribution >= 4 is 22.6 Å². The van der Waals surface area contributed by atoms with Crippen LogP contribution in [0.2, 0.25) is 0 Å². The third-order valence-electron chi connectivity index (χ3n) is 4.86. The molecule has 0 heterocycles. The smallest absolute Gasteiger partial charge is 0.0763 e. The predicted octanol–water partition coefficient (Wildman–Crippen LogP) is 3.71. The van der Waals surface area contributed by atoms with Crippen molar-refractivity contribution in [1.82, 2.24) is 4.90 Å². The number of hydrogen-bond donors (Lipinski definition) is 1. The Kier molecular flexibility index (Phi) is 5.49. The van der Waals surface area contributed by atoms with Crippen molar-refractivity contribution in [3.63, 3.8) is 0 Å². The van der Waals surface area contributed by atoms with Gasteiger partial charge in [0.15, 0.2) is 0 Å². The molecule has 1 N–H and O–H groups in total. The predicted molar refractivity (Wildman–Crippen MR) is 92.9 cm³/mol. The molecule has 1 aromatic carbocycles. The molecule has 112 valence electrons. The van der Waals surface area contributed by atoms with Gasteiger partial charge < -0.3 is 10.0 Å². The van der Waals surface area contributed by atoms with Gasteiger partial charge in [-0.1, -0.05) is 31.9 Å². The number of benzene rings is 1. The van der Waals surface area contributed by atoms with Crippen LogP contribution in [0, 0.1) is 9.49 Å². The Labute approximate surface area is 136 Å². The van der Waals surface area contributed by atoms with Crippen LogP contribution in [0.15, 0.2) is 24.3 Å². The summed E-state index contributed by atoms with van der Waals surface area (Å²) in [7, 11) is 4.24. The van der Waals surface area contributed by atoms with E-state index in [2.05, 4.69) is 72.8 Å². The lowest BCUT2D eigenvalue weighted by Crippen LogP contribution is -2.56. The second kappa shape index (κ2) is 6.75. The molecular formula is C17H26INO. The van der Waals surface area contributed by atoms with Gasteiger partial charge in [-0.15, -0.1) is 0 Å². The van der Waals surface area contributed by atoms with E-state index in [-0.39, 0.29) is 11.6 Å². The number of rotatable bonds is 4. The summed E-state index contributed by atoms with van der Waals surface area (Å²) in [5, 5.41) is 10.9. The zero-order chi connectivity index (χ0) is 14.8. The molecule has 3 unspecified atom stereocenters. The fourth-order valence-electron chi connectivity index (χ4n) is 3.60. The number of aliphatic hydroxyl groups excluding tert-OH is 1. The Bertz CT molecular complexity index is 431. The number of hydrogen-bond acceptors (Lipinski definition) is 2. The molecule has 0 amide bonds. The lowest BCUT2D eigenvalue weighted by molar-refractivity contribution is -0.0424. The Morgan fingerprint density at radius 2 is 2.00 bits per heavy atom. The zero-order valence-corrected chi connectivity index (χ0v) is 14.9. The molecule has 3 atom stereocenters. The maximum Gasteiger partial charge on any atom is 0.0763 e. The SMILES string of the molecule is CC1CCCC(C(O)Cc2ccc(I)cc2)(N(C)C)C1. The van der Waals surface area contributed by atoms with E-state index in [0.717, 1.165) is 19.3 Å². The molecule has 20 heavy (non-hydrogen) atoms. The van der Waals surface area contributed by atoms with E-state index < -0.39 is 0 Å².